The Balaban J connectivity index is 1.68. The van der Waals surface area contributed by atoms with Crippen LogP contribution in [0.4, 0.5) is 10.7 Å². The molecule has 1 aliphatic heterocycles. The molecular weight excluding hydrogens is 440 g/mol. The zero-order chi connectivity index (χ0) is 24.4. The van der Waals surface area contributed by atoms with Crippen LogP contribution in [0.25, 0.3) is 11.2 Å². The maximum atomic E-state index is 13.1. The highest BCUT2D eigenvalue weighted by atomic mass is 16.6. The van der Waals surface area contributed by atoms with Gasteiger partial charge in [0, 0.05) is 33.2 Å². The molecule has 0 radical (unpaired) electrons. The van der Waals surface area contributed by atoms with Crippen molar-refractivity contribution < 1.29 is 14.3 Å². The van der Waals surface area contributed by atoms with E-state index in [1.807, 2.05) is 28.8 Å². The van der Waals surface area contributed by atoms with Crippen LogP contribution in [0.5, 0.6) is 5.75 Å². The molecule has 0 unspecified atom stereocenters. The van der Waals surface area contributed by atoms with E-state index in [1.54, 1.807) is 26.0 Å². The van der Waals surface area contributed by atoms with Crippen LogP contribution in [0.15, 0.2) is 33.9 Å². The van der Waals surface area contributed by atoms with Crippen molar-refractivity contribution in [3.05, 3.63) is 50.7 Å². The molecule has 1 N–H and O–H groups in total. The molecule has 1 fully saturated rings. The molecule has 0 bridgehead atoms. The summed E-state index contributed by atoms with van der Waals surface area (Å²) >= 11 is 0. The monoisotopic (exact) mass is 470 g/mol. The molecule has 1 amide bonds. The average Bonchev–Trinajstić information content (AvgIpc) is 3.20. The molecule has 4 rings (SSSR count). The summed E-state index contributed by atoms with van der Waals surface area (Å²) in [7, 11) is 4.68. The van der Waals surface area contributed by atoms with Gasteiger partial charge in [0.2, 0.25) is 5.95 Å². The Morgan fingerprint density at radius 2 is 1.79 bits per heavy atom. The standard InChI is InChI=1S/C23H30N6O5/c1-5-34-23(32)28-12-10-16(11-13-28)24-21-25-19-18(20(30)27(3)22(31)26(19)2)29(21)14-15-6-8-17(33-4)9-7-15/h6-9,16H,5,10-14H2,1-4H3,(H,24,25). The lowest BCUT2D eigenvalue weighted by molar-refractivity contribution is 0.0983. The zero-order valence-corrected chi connectivity index (χ0v) is 19.9. The highest BCUT2D eigenvalue weighted by Gasteiger charge is 2.26. The summed E-state index contributed by atoms with van der Waals surface area (Å²) in [6.45, 7) is 3.65. The maximum Gasteiger partial charge on any atom is 0.409 e. The van der Waals surface area contributed by atoms with Gasteiger partial charge >= 0.3 is 11.8 Å². The topological polar surface area (TPSA) is 113 Å². The number of hydrogen-bond acceptors (Lipinski definition) is 7. The van der Waals surface area contributed by atoms with Crippen molar-refractivity contribution in [3.63, 3.8) is 0 Å². The molecule has 1 aliphatic rings. The molecular formula is C23H30N6O5. The van der Waals surface area contributed by atoms with Crippen LogP contribution in [0.3, 0.4) is 0 Å². The Hall–Kier alpha value is -3.76. The van der Waals surface area contributed by atoms with Gasteiger partial charge in [-0.05, 0) is 37.5 Å². The first-order valence-electron chi connectivity index (χ1n) is 11.3. The van der Waals surface area contributed by atoms with E-state index in [0.29, 0.717) is 56.2 Å². The molecule has 3 heterocycles. The summed E-state index contributed by atoms with van der Waals surface area (Å²) in [4.78, 5) is 43.9. The van der Waals surface area contributed by atoms with Crippen molar-refractivity contribution in [2.24, 2.45) is 14.1 Å². The smallest absolute Gasteiger partial charge is 0.409 e. The number of hydrogen-bond donors (Lipinski definition) is 1. The lowest BCUT2D eigenvalue weighted by Crippen LogP contribution is -2.43. The number of likely N-dealkylation sites (tertiary alicyclic amines) is 1. The van der Waals surface area contributed by atoms with E-state index in [4.69, 9.17) is 9.47 Å². The summed E-state index contributed by atoms with van der Waals surface area (Å²) in [6, 6.07) is 7.64. The van der Waals surface area contributed by atoms with Gasteiger partial charge in [0.1, 0.15) is 5.75 Å². The number of piperidine rings is 1. The van der Waals surface area contributed by atoms with Crippen molar-refractivity contribution in [1.82, 2.24) is 23.6 Å². The number of aromatic nitrogens is 4. The first kappa shape index (κ1) is 23.4. The zero-order valence-electron chi connectivity index (χ0n) is 19.9. The fourth-order valence-corrected chi connectivity index (χ4v) is 4.23. The largest absolute Gasteiger partial charge is 0.497 e. The third-order valence-corrected chi connectivity index (χ3v) is 6.20. The number of methoxy groups -OCH3 is 1. The number of nitrogens with one attached hydrogen (secondary N) is 1. The van der Waals surface area contributed by atoms with Crippen LogP contribution < -0.4 is 21.3 Å². The fraction of sp³-hybridized carbons (Fsp3) is 0.478. The Morgan fingerprint density at radius 3 is 2.41 bits per heavy atom. The van der Waals surface area contributed by atoms with Crippen LogP contribution in [-0.4, -0.2) is 62.5 Å². The minimum Gasteiger partial charge on any atom is -0.497 e. The molecule has 11 nitrogen and oxygen atoms in total. The minimum absolute atomic E-state index is 0.0537. The molecule has 11 heteroatoms. The van der Waals surface area contributed by atoms with E-state index in [-0.39, 0.29) is 12.1 Å². The minimum atomic E-state index is -0.430. The van der Waals surface area contributed by atoms with E-state index >= 15 is 0 Å². The van der Waals surface area contributed by atoms with Crippen molar-refractivity contribution in [2.45, 2.75) is 32.4 Å². The number of ether oxygens (including phenoxy) is 2. The summed E-state index contributed by atoms with van der Waals surface area (Å²) < 4.78 is 14.6. The Bertz CT molecular complexity index is 1300. The lowest BCUT2D eigenvalue weighted by atomic mass is 10.1. The third-order valence-electron chi connectivity index (χ3n) is 6.20. The van der Waals surface area contributed by atoms with Gasteiger partial charge in [-0.25, -0.2) is 9.59 Å². The molecule has 0 atom stereocenters. The van der Waals surface area contributed by atoms with Crippen molar-refractivity contribution in [3.8, 4) is 5.75 Å². The predicted molar refractivity (Wildman–Crippen MR) is 128 cm³/mol. The molecule has 0 aliphatic carbocycles. The van der Waals surface area contributed by atoms with Crippen molar-refractivity contribution >= 4 is 23.2 Å². The number of carbonyl (C=O) groups excluding carboxylic acids is 1. The van der Waals surface area contributed by atoms with Gasteiger partial charge in [0.05, 0.1) is 20.3 Å². The quantitative estimate of drug-likeness (QED) is 0.581. The number of nitrogens with zero attached hydrogens (tertiary/aromatic N) is 5. The van der Waals surface area contributed by atoms with E-state index in [0.717, 1.165) is 15.9 Å². The molecule has 182 valence electrons. The predicted octanol–water partition coefficient (Wildman–Crippen LogP) is 1.52. The number of fused-ring (bicyclic) bond motifs is 1. The molecule has 0 saturated carbocycles. The number of imidazole rings is 1. The van der Waals surface area contributed by atoms with Gasteiger partial charge in [-0.15, -0.1) is 0 Å². The molecule has 0 spiro atoms. The SMILES string of the molecule is CCOC(=O)N1CCC(Nc2nc3c(c(=O)n(C)c(=O)n3C)n2Cc2ccc(OC)cc2)CC1. The number of rotatable bonds is 6. The van der Waals surface area contributed by atoms with Crippen LogP contribution in [0.2, 0.25) is 0 Å². The third kappa shape index (κ3) is 4.37. The second kappa shape index (κ2) is 9.62. The number of carbonyl (C=O) groups is 1. The molecule has 1 saturated heterocycles. The Kier molecular flexibility index (Phi) is 6.62. The van der Waals surface area contributed by atoms with Gasteiger partial charge < -0.3 is 19.7 Å². The molecule has 1 aromatic carbocycles. The van der Waals surface area contributed by atoms with Gasteiger partial charge in [-0.2, -0.15) is 4.98 Å². The van der Waals surface area contributed by atoms with E-state index in [9.17, 15) is 14.4 Å². The van der Waals surface area contributed by atoms with Crippen molar-refractivity contribution in [2.75, 3.05) is 32.1 Å². The van der Waals surface area contributed by atoms with Crippen LogP contribution in [-0.2, 0) is 25.4 Å². The first-order valence-corrected chi connectivity index (χ1v) is 11.3. The van der Waals surface area contributed by atoms with Crippen LogP contribution in [0.1, 0.15) is 25.3 Å². The van der Waals surface area contributed by atoms with Gasteiger partial charge in [0.25, 0.3) is 5.56 Å². The van der Waals surface area contributed by atoms with Gasteiger partial charge in [0.15, 0.2) is 11.2 Å². The Morgan fingerprint density at radius 1 is 1.12 bits per heavy atom. The molecule has 2 aromatic heterocycles. The number of amides is 1. The van der Waals surface area contributed by atoms with Crippen LogP contribution in [0, 0.1) is 0 Å². The fourth-order valence-electron chi connectivity index (χ4n) is 4.23. The highest BCUT2D eigenvalue weighted by molar-refractivity contribution is 5.74. The number of aryl methyl sites for hydroxylation is 1. The summed E-state index contributed by atoms with van der Waals surface area (Å²) in [6.07, 6.45) is 1.12. The summed E-state index contributed by atoms with van der Waals surface area (Å²) in [5.41, 5.74) is 0.807. The lowest BCUT2D eigenvalue weighted by Gasteiger charge is -2.31. The summed E-state index contributed by atoms with van der Waals surface area (Å²) in [5.74, 6) is 1.25. The number of anilines is 1. The first-order chi connectivity index (χ1) is 16.3. The van der Waals surface area contributed by atoms with Crippen LogP contribution >= 0.6 is 0 Å². The van der Waals surface area contributed by atoms with Gasteiger partial charge in [-0.3, -0.25) is 18.5 Å². The van der Waals surface area contributed by atoms with E-state index in [2.05, 4.69) is 10.3 Å². The normalized spacial score (nSPS) is 14.4. The average molecular weight is 471 g/mol. The number of benzene rings is 1. The summed E-state index contributed by atoms with van der Waals surface area (Å²) in [5, 5.41) is 3.45. The maximum absolute atomic E-state index is 13.1. The van der Waals surface area contributed by atoms with Gasteiger partial charge in [-0.1, -0.05) is 12.1 Å². The second-order valence-corrected chi connectivity index (χ2v) is 8.35. The van der Waals surface area contributed by atoms with E-state index < -0.39 is 11.2 Å². The second-order valence-electron chi connectivity index (χ2n) is 8.35. The molecule has 3 aromatic rings. The van der Waals surface area contributed by atoms with E-state index in [1.165, 1.54) is 11.6 Å². The molecule has 34 heavy (non-hydrogen) atoms. The highest BCUT2D eigenvalue weighted by Crippen LogP contribution is 2.22. The van der Waals surface area contributed by atoms with Crippen molar-refractivity contribution in [1.29, 1.82) is 0 Å². The Labute approximate surface area is 196 Å².